The Morgan fingerprint density at radius 2 is 2.16 bits per heavy atom. The molecule has 0 aliphatic heterocycles. The summed E-state index contributed by atoms with van der Waals surface area (Å²) in [5, 5.41) is 15.9. The third-order valence-corrected chi connectivity index (χ3v) is 4.85. The van der Waals surface area contributed by atoms with E-state index in [0.717, 1.165) is 16.6 Å². The maximum absolute atomic E-state index is 11.0. The van der Waals surface area contributed by atoms with Crippen molar-refractivity contribution in [1.82, 2.24) is 5.32 Å². The van der Waals surface area contributed by atoms with Gasteiger partial charge in [-0.15, -0.1) is 11.3 Å². The number of hydrogen-bond donors (Lipinski definition) is 2. The number of fused-ring (bicyclic) bond motifs is 1. The highest BCUT2D eigenvalue weighted by atomic mass is 32.1. The van der Waals surface area contributed by atoms with Crippen LogP contribution in [0.5, 0.6) is 0 Å². The van der Waals surface area contributed by atoms with Crippen LogP contribution in [0.2, 0.25) is 0 Å². The minimum Gasteiger partial charge on any atom is -0.478 e. The first kappa shape index (κ1) is 12.6. The molecule has 1 aromatic carbocycles. The lowest BCUT2D eigenvalue weighted by Gasteiger charge is -2.11. The van der Waals surface area contributed by atoms with E-state index in [1.54, 1.807) is 23.5 Å². The summed E-state index contributed by atoms with van der Waals surface area (Å²) < 4.78 is 1.16. The van der Waals surface area contributed by atoms with E-state index in [4.69, 9.17) is 5.11 Å². The van der Waals surface area contributed by atoms with Crippen LogP contribution in [0.25, 0.3) is 10.1 Å². The van der Waals surface area contributed by atoms with Gasteiger partial charge in [-0.25, -0.2) is 4.79 Å². The second kappa shape index (κ2) is 5.31. The highest BCUT2D eigenvalue weighted by Gasteiger charge is 2.15. The van der Waals surface area contributed by atoms with Gasteiger partial charge in [0, 0.05) is 17.3 Å². The predicted octanol–water partition coefficient (Wildman–Crippen LogP) is 3.63. The van der Waals surface area contributed by atoms with Crippen LogP contribution in [-0.2, 0) is 6.54 Å². The molecule has 1 aromatic heterocycles. The fraction of sp³-hybridized carbons (Fsp3) is 0.400. The van der Waals surface area contributed by atoms with Crippen LogP contribution >= 0.6 is 11.3 Å². The first-order chi connectivity index (χ1) is 9.24. The van der Waals surface area contributed by atoms with Crippen LogP contribution in [0.3, 0.4) is 0 Å². The zero-order valence-electron chi connectivity index (χ0n) is 10.7. The molecule has 2 aromatic rings. The molecule has 3 rings (SSSR count). The van der Waals surface area contributed by atoms with Gasteiger partial charge < -0.3 is 10.4 Å². The number of rotatable bonds is 4. The predicted molar refractivity (Wildman–Crippen MR) is 77.9 cm³/mol. The lowest BCUT2D eigenvalue weighted by molar-refractivity contribution is 0.0697. The quantitative estimate of drug-likeness (QED) is 0.895. The van der Waals surface area contributed by atoms with E-state index < -0.39 is 5.97 Å². The van der Waals surface area contributed by atoms with E-state index in [1.807, 2.05) is 6.07 Å². The molecule has 1 fully saturated rings. The number of hydrogen-bond acceptors (Lipinski definition) is 3. The molecule has 0 radical (unpaired) electrons. The highest BCUT2D eigenvalue weighted by Crippen LogP contribution is 2.27. The molecule has 0 bridgehead atoms. The number of thiophene rings is 1. The van der Waals surface area contributed by atoms with E-state index in [9.17, 15) is 4.79 Å². The second-order valence-corrected chi connectivity index (χ2v) is 6.05. The maximum Gasteiger partial charge on any atom is 0.335 e. The summed E-state index contributed by atoms with van der Waals surface area (Å²) >= 11 is 1.68. The van der Waals surface area contributed by atoms with Crippen LogP contribution in [0.15, 0.2) is 23.6 Å². The van der Waals surface area contributed by atoms with Crippen LogP contribution in [0, 0.1) is 0 Å². The lowest BCUT2D eigenvalue weighted by atomic mass is 10.1. The van der Waals surface area contributed by atoms with E-state index >= 15 is 0 Å². The van der Waals surface area contributed by atoms with Crippen LogP contribution in [0.4, 0.5) is 0 Å². The Bertz CT molecular complexity index is 599. The number of aromatic carboxylic acids is 1. The largest absolute Gasteiger partial charge is 0.478 e. The summed E-state index contributed by atoms with van der Waals surface area (Å²) in [4.78, 5) is 11.0. The zero-order valence-corrected chi connectivity index (χ0v) is 11.5. The number of benzene rings is 1. The third-order valence-electron chi connectivity index (χ3n) is 3.84. The monoisotopic (exact) mass is 275 g/mol. The van der Waals surface area contributed by atoms with Gasteiger partial charge in [0.05, 0.1) is 5.56 Å². The van der Waals surface area contributed by atoms with Gasteiger partial charge in [0.25, 0.3) is 0 Å². The Morgan fingerprint density at radius 3 is 2.89 bits per heavy atom. The summed E-state index contributed by atoms with van der Waals surface area (Å²) in [6.07, 6.45) is 5.18. The Kier molecular flexibility index (Phi) is 3.53. The normalized spacial score (nSPS) is 16.2. The van der Waals surface area contributed by atoms with Crippen molar-refractivity contribution in [2.24, 2.45) is 0 Å². The van der Waals surface area contributed by atoms with E-state index in [-0.39, 0.29) is 0 Å². The molecule has 0 spiro atoms. The van der Waals surface area contributed by atoms with E-state index in [0.29, 0.717) is 11.6 Å². The van der Waals surface area contributed by atoms with Crippen molar-refractivity contribution in [3.8, 4) is 0 Å². The molecule has 0 unspecified atom stereocenters. The van der Waals surface area contributed by atoms with Crippen molar-refractivity contribution < 1.29 is 9.90 Å². The van der Waals surface area contributed by atoms with Crippen LogP contribution < -0.4 is 5.32 Å². The Morgan fingerprint density at radius 1 is 1.37 bits per heavy atom. The molecule has 100 valence electrons. The van der Waals surface area contributed by atoms with Gasteiger partial charge in [0.2, 0.25) is 0 Å². The molecular weight excluding hydrogens is 258 g/mol. The van der Waals surface area contributed by atoms with Crippen molar-refractivity contribution in [1.29, 1.82) is 0 Å². The molecule has 0 amide bonds. The number of carboxylic acid groups (broad SMARTS) is 1. The molecule has 1 aliphatic carbocycles. The molecule has 19 heavy (non-hydrogen) atoms. The van der Waals surface area contributed by atoms with Crippen molar-refractivity contribution >= 4 is 27.4 Å². The summed E-state index contributed by atoms with van der Waals surface area (Å²) in [6.45, 7) is 0.841. The standard InChI is InChI=1S/C15H17NO2S/c17-15(18)10-5-6-14-13(7-10)11(9-19-14)8-16-12-3-1-2-4-12/h5-7,9,12,16H,1-4,8H2,(H,17,18). The van der Waals surface area contributed by atoms with Gasteiger partial charge in [0.15, 0.2) is 0 Å². The molecule has 3 nitrogen and oxygen atoms in total. The minimum absolute atomic E-state index is 0.369. The summed E-state index contributed by atoms with van der Waals surface area (Å²) in [6, 6.07) is 6.01. The SMILES string of the molecule is O=C(O)c1ccc2scc(CNC3CCCC3)c2c1. The molecule has 0 atom stereocenters. The zero-order chi connectivity index (χ0) is 13.2. The van der Waals surface area contributed by atoms with Crippen molar-refractivity contribution in [2.45, 2.75) is 38.3 Å². The van der Waals surface area contributed by atoms with Gasteiger partial charge in [0.1, 0.15) is 0 Å². The van der Waals surface area contributed by atoms with Crippen molar-refractivity contribution in [2.75, 3.05) is 0 Å². The van der Waals surface area contributed by atoms with Crippen LogP contribution in [-0.4, -0.2) is 17.1 Å². The molecular formula is C15H17NO2S. The second-order valence-electron chi connectivity index (χ2n) is 5.14. The third kappa shape index (κ3) is 2.65. The van der Waals surface area contributed by atoms with Gasteiger partial charge in [-0.2, -0.15) is 0 Å². The Labute approximate surface area is 116 Å². The van der Waals surface area contributed by atoms with Gasteiger partial charge >= 0.3 is 5.97 Å². The summed E-state index contributed by atoms with van der Waals surface area (Å²) in [5.41, 5.74) is 1.59. The smallest absolute Gasteiger partial charge is 0.335 e. The Balaban J connectivity index is 1.81. The topological polar surface area (TPSA) is 49.3 Å². The number of carboxylic acids is 1. The minimum atomic E-state index is -0.859. The molecule has 2 N–H and O–H groups in total. The highest BCUT2D eigenvalue weighted by molar-refractivity contribution is 7.17. The first-order valence-corrected chi connectivity index (χ1v) is 7.59. The molecule has 1 heterocycles. The number of carbonyl (C=O) groups is 1. The average molecular weight is 275 g/mol. The summed E-state index contributed by atoms with van der Waals surface area (Å²) in [7, 11) is 0. The van der Waals surface area contributed by atoms with Gasteiger partial charge in [-0.1, -0.05) is 12.8 Å². The van der Waals surface area contributed by atoms with Gasteiger partial charge in [-0.3, -0.25) is 0 Å². The van der Waals surface area contributed by atoms with Crippen LogP contribution in [0.1, 0.15) is 41.6 Å². The van der Waals surface area contributed by atoms with E-state index in [1.165, 1.54) is 31.2 Å². The van der Waals surface area contributed by atoms with Gasteiger partial charge in [-0.05, 0) is 47.4 Å². The van der Waals surface area contributed by atoms with Crippen molar-refractivity contribution in [3.05, 3.63) is 34.7 Å². The average Bonchev–Trinajstić information content (AvgIpc) is 3.05. The fourth-order valence-electron chi connectivity index (χ4n) is 2.74. The fourth-order valence-corrected chi connectivity index (χ4v) is 3.68. The Hall–Kier alpha value is -1.39. The molecule has 1 aliphatic rings. The summed E-state index contributed by atoms with van der Waals surface area (Å²) in [5.74, 6) is -0.859. The molecule has 4 heteroatoms. The molecule has 0 saturated heterocycles. The van der Waals surface area contributed by atoms with Crippen molar-refractivity contribution in [3.63, 3.8) is 0 Å². The van der Waals surface area contributed by atoms with E-state index in [2.05, 4.69) is 10.7 Å². The molecule has 1 saturated carbocycles. The first-order valence-electron chi connectivity index (χ1n) is 6.71. The maximum atomic E-state index is 11.0. The number of nitrogens with one attached hydrogen (secondary N) is 1. The lowest BCUT2D eigenvalue weighted by Crippen LogP contribution is -2.25.